The van der Waals surface area contributed by atoms with Gasteiger partial charge in [-0.05, 0) is 115 Å². The third-order valence-corrected chi connectivity index (χ3v) is 8.64. The molecule has 0 bridgehead atoms. The van der Waals surface area contributed by atoms with Gasteiger partial charge in [-0.3, -0.25) is 0 Å². The molecule has 168 valence electrons. The number of thiocarbonyl (C=S) groups is 2. The number of ether oxygens (including phenoxy) is 1. The lowest BCUT2D eigenvalue weighted by molar-refractivity contribution is -0.152. The highest BCUT2D eigenvalue weighted by molar-refractivity contribution is 7.78. The number of aliphatic imine (C=N–C) groups is 2. The van der Waals surface area contributed by atoms with Crippen molar-refractivity contribution in [2.75, 3.05) is 7.05 Å². The van der Waals surface area contributed by atoms with Crippen molar-refractivity contribution in [2.45, 2.75) is 108 Å². The van der Waals surface area contributed by atoms with Crippen LogP contribution in [0.3, 0.4) is 0 Å². The molecule has 30 heavy (non-hydrogen) atoms. The zero-order chi connectivity index (χ0) is 22.4. The Kier molecular flexibility index (Phi) is 6.79. The largest absolute Gasteiger partial charge is 0.660 e. The fourth-order valence-electron chi connectivity index (χ4n) is 6.70. The third kappa shape index (κ3) is 4.11. The van der Waals surface area contributed by atoms with Crippen LogP contribution >= 0.6 is 24.4 Å². The first-order valence-corrected chi connectivity index (χ1v) is 11.9. The van der Waals surface area contributed by atoms with Gasteiger partial charge in [0, 0.05) is 5.60 Å². The van der Waals surface area contributed by atoms with Crippen LogP contribution in [-0.4, -0.2) is 56.9 Å². The summed E-state index contributed by atoms with van der Waals surface area (Å²) in [5.74, 6) is 0.770. The summed E-state index contributed by atoms with van der Waals surface area (Å²) in [5.41, 5.74) is -1.75. The zero-order valence-corrected chi connectivity index (χ0v) is 20.8. The van der Waals surface area contributed by atoms with E-state index in [0.29, 0.717) is 5.92 Å². The Morgan fingerprint density at radius 1 is 1.03 bits per heavy atom. The molecule has 8 atom stereocenters. The maximum atomic E-state index is 11.2. The first kappa shape index (κ1) is 24.1. The van der Waals surface area contributed by atoms with Crippen LogP contribution in [0.15, 0.2) is 9.98 Å². The number of rotatable bonds is 5. The molecule has 0 amide bonds. The lowest BCUT2D eigenvalue weighted by atomic mass is 9.51. The van der Waals surface area contributed by atoms with Gasteiger partial charge in [-0.15, -0.1) is 6.04 Å². The second-order valence-corrected chi connectivity index (χ2v) is 11.2. The smallest absolute Gasteiger partial charge is 0.0915 e. The molecule has 1 saturated heterocycles. The van der Waals surface area contributed by atoms with Crippen molar-refractivity contribution in [3.63, 3.8) is 0 Å². The minimum Gasteiger partial charge on any atom is -0.660 e. The summed E-state index contributed by atoms with van der Waals surface area (Å²) in [6.07, 6.45) is 5.47. The summed E-state index contributed by atoms with van der Waals surface area (Å²) in [5, 5.41) is 21.2. The lowest BCUT2D eigenvalue weighted by Crippen LogP contribution is -2.62. The van der Waals surface area contributed by atoms with Crippen molar-refractivity contribution in [3.8, 4) is 0 Å². The van der Waals surface area contributed by atoms with E-state index in [0.717, 1.165) is 38.5 Å². The van der Waals surface area contributed by atoms with Gasteiger partial charge in [0.2, 0.25) is 0 Å². The normalized spacial score (nSPS) is 46.4. The van der Waals surface area contributed by atoms with Gasteiger partial charge in [0.15, 0.2) is 0 Å². The highest BCUT2D eigenvalue weighted by Crippen LogP contribution is 2.59. The Hall–Kier alpha value is -0.520. The van der Waals surface area contributed by atoms with Crippen molar-refractivity contribution in [1.29, 1.82) is 0 Å². The Balaban J connectivity index is 1.98. The quantitative estimate of drug-likeness (QED) is 0.460. The van der Waals surface area contributed by atoms with E-state index in [2.05, 4.69) is 48.0 Å². The molecule has 0 radical (unpaired) electrons. The molecule has 2 saturated carbocycles. The molecule has 0 aromatic rings. The van der Waals surface area contributed by atoms with Crippen molar-refractivity contribution in [2.24, 2.45) is 27.7 Å². The molecule has 1 N–H and O–H groups in total. The molecule has 1 aliphatic heterocycles. The predicted molar refractivity (Wildman–Crippen MR) is 128 cm³/mol. The van der Waals surface area contributed by atoms with Crippen LogP contribution in [0.25, 0.3) is 5.32 Å². The topological polar surface area (TPSA) is 68.3 Å². The van der Waals surface area contributed by atoms with E-state index in [1.807, 2.05) is 14.0 Å². The van der Waals surface area contributed by atoms with Gasteiger partial charge in [0.25, 0.3) is 0 Å². The van der Waals surface area contributed by atoms with Gasteiger partial charge < -0.3 is 15.2 Å². The first-order chi connectivity index (χ1) is 13.9. The van der Waals surface area contributed by atoms with Crippen molar-refractivity contribution < 1.29 is 9.84 Å². The molecule has 5 nitrogen and oxygen atoms in total. The predicted octanol–water partition coefficient (Wildman–Crippen LogP) is 5.23. The van der Waals surface area contributed by atoms with E-state index in [4.69, 9.17) is 34.5 Å². The van der Waals surface area contributed by atoms with E-state index in [1.54, 1.807) is 0 Å². The van der Waals surface area contributed by atoms with Crippen LogP contribution < -0.4 is 0 Å². The summed E-state index contributed by atoms with van der Waals surface area (Å²) in [7, 11) is 1.84. The van der Waals surface area contributed by atoms with Gasteiger partial charge in [0.05, 0.1) is 33.1 Å². The molecule has 0 spiro atoms. The Labute approximate surface area is 192 Å². The van der Waals surface area contributed by atoms with Crippen LogP contribution in [-0.2, 0) is 4.74 Å². The fraction of sp³-hybridized carbons (Fsp3) is 0.913. The highest BCUT2D eigenvalue weighted by atomic mass is 32.1. The van der Waals surface area contributed by atoms with E-state index < -0.39 is 11.1 Å². The molecule has 0 aromatic heterocycles. The molecule has 1 heterocycles. The van der Waals surface area contributed by atoms with Crippen LogP contribution in [0.4, 0.5) is 0 Å². The lowest BCUT2D eigenvalue weighted by Gasteiger charge is -2.63. The number of hydrogen-bond donors (Lipinski definition) is 1. The third-order valence-electron chi connectivity index (χ3n) is 8.45. The molecular formula is C23H36N3O2S2-. The zero-order valence-electron chi connectivity index (χ0n) is 19.1. The Morgan fingerprint density at radius 2 is 1.70 bits per heavy atom. The van der Waals surface area contributed by atoms with Crippen LogP contribution in [0, 0.1) is 17.8 Å². The Bertz CT molecular complexity index is 760. The standard InChI is InChI=1S/C23H36N3O2S2/c1-20(2,25-13-29)17-9-12-23(5,28-17)16-7-10-21(3,26-14-30)15-8-11-22(4,27)19(24-6)18(15)16/h15-19,27H,7-12H2,1-6H3/q-1. The SMILES string of the molecule is C[N-]C1C2C(CCC1(C)O)C(C)(N=C=S)CCC2C1(C)CCC(C(C)(C)N=C=S)O1. The molecule has 3 fully saturated rings. The summed E-state index contributed by atoms with van der Waals surface area (Å²) >= 11 is 9.87. The van der Waals surface area contributed by atoms with E-state index in [-0.39, 0.29) is 35.1 Å². The monoisotopic (exact) mass is 450 g/mol. The maximum absolute atomic E-state index is 11.2. The van der Waals surface area contributed by atoms with Crippen molar-refractivity contribution in [3.05, 3.63) is 5.32 Å². The first-order valence-electron chi connectivity index (χ1n) is 11.1. The molecule has 3 rings (SSSR count). The molecule has 3 aliphatic rings. The summed E-state index contributed by atoms with van der Waals surface area (Å²) < 4.78 is 6.77. The Morgan fingerprint density at radius 3 is 2.30 bits per heavy atom. The van der Waals surface area contributed by atoms with Gasteiger partial charge in [-0.2, -0.15) is 7.05 Å². The van der Waals surface area contributed by atoms with Gasteiger partial charge in [-0.1, -0.05) is 0 Å². The highest BCUT2D eigenvalue weighted by Gasteiger charge is 2.59. The molecule has 7 heteroatoms. The molecular weight excluding hydrogens is 414 g/mol. The van der Waals surface area contributed by atoms with Crippen LogP contribution in [0.2, 0.25) is 0 Å². The van der Waals surface area contributed by atoms with Gasteiger partial charge >= 0.3 is 0 Å². The van der Waals surface area contributed by atoms with Crippen molar-refractivity contribution >= 4 is 34.8 Å². The van der Waals surface area contributed by atoms with Gasteiger partial charge in [0.1, 0.15) is 0 Å². The summed E-state index contributed by atoms with van der Waals surface area (Å²) in [4.78, 5) is 9.02. The van der Waals surface area contributed by atoms with E-state index in [1.165, 1.54) is 0 Å². The number of aliphatic hydroxyl groups is 1. The summed E-state index contributed by atoms with van der Waals surface area (Å²) in [6.45, 7) is 10.5. The average Bonchev–Trinajstić information content (AvgIpc) is 3.05. The minimum absolute atomic E-state index is 0.00447. The van der Waals surface area contributed by atoms with Crippen LogP contribution in [0.1, 0.15) is 73.1 Å². The fourth-order valence-corrected chi connectivity index (χ4v) is 7.14. The molecule has 2 aliphatic carbocycles. The molecule has 0 aromatic carbocycles. The van der Waals surface area contributed by atoms with E-state index >= 15 is 0 Å². The number of fused-ring (bicyclic) bond motifs is 1. The average molecular weight is 451 g/mol. The maximum Gasteiger partial charge on any atom is 0.0915 e. The second-order valence-electron chi connectivity index (χ2n) is 10.8. The number of likely N-dealkylation sites (N-methyl/N-ethyl adjacent to an activating group) is 1. The number of hydrogen-bond acceptors (Lipinski definition) is 6. The summed E-state index contributed by atoms with van der Waals surface area (Å²) in [6, 6.07) is -0.146. The van der Waals surface area contributed by atoms with E-state index in [9.17, 15) is 5.11 Å². The van der Waals surface area contributed by atoms with Crippen LogP contribution in [0.5, 0.6) is 0 Å². The second kappa shape index (κ2) is 8.44. The number of nitrogens with zero attached hydrogens (tertiary/aromatic N) is 3. The van der Waals surface area contributed by atoms with Crippen molar-refractivity contribution in [1.82, 2.24) is 0 Å². The minimum atomic E-state index is -0.816. The van der Waals surface area contributed by atoms with Gasteiger partial charge in [-0.25, -0.2) is 9.98 Å². The number of isothiocyanates is 2. The molecule has 8 unspecified atom stereocenters.